The quantitative estimate of drug-likeness (QED) is 0.520. The van der Waals surface area contributed by atoms with E-state index in [0.29, 0.717) is 6.42 Å². The first-order valence-corrected chi connectivity index (χ1v) is 5.83. The Morgan fingerprint density at radius 1 is 1.50 bits per heavy atom. The molecule has 5 nitrogen and oxygen atoms in total. The van der Waals surface area contributed by atoms with E-state index in [1.165, 1.54) is 0 Å². The van der Waals surface area contributed by atoms with Crippen LogP contribution in [0.3, 0.4) is 0 Å². The van der Waals surface area contributed by atoms with Crippen LogP contribution in [0, 0.1) is 0 Å². The molecule has 1 atom stereocenters. The molecular weight excluding hydrogens is 202 g/mol. The minimum Gasteiger partial charge on any atom is -0.302 e. The van der Waals surface area contributed by atoms with Gasteiger partial charge in [0, 0.05) is 0 Å². The summed E-state index contributed by atoms with van der Waals surface area (Å²) in [5, 5.41) is 0. The van der Waals surface area contributed by atoms with Crippen LogP contribution in [0.1, 0.15) is 26.2 Å². The fraction of sp³-hybridized carbons (Fsp3) is 1.00. The molecule has 72 valence electrons. The summed E-state index contributed by atoms with van der Waals surface area (Å²) in [4.78, 5) is 8.72. The lowest BCUT2D eigenvalue weighted by Crippen LogP contribution is -1.92. The van der Waals surface area contributed by atoms with E-state index in [2.05, 4.69) is 8.83 Å². The third-order valence-corrected chi connectivity index (χ3v) is 2.74. The molecule has 0 aromatic heterocycles. The van der Waals surface area contributed by atoms with Crippen molar-refractivity contribution in [1.29, 1.82) is 0 Å². The molecule has 1 N–H and O–H groups in total. The summed E-state index contributed by atoms with van der Waals surface area (Å²) >= 11 is 0. The van der Waals surface area contributed by atoms with Crippen LogP contribution in [0.5, 0.6) is 0 Å². The maximum Gasteiger partial charge on any atom is 0.482 e. The molecule has 0 rings (SSSR count). The Hall–Kier alpha value is 0.210. The van der Waals surface area contributed by atoms with E-state index in [1.54, 1.807) is 0 Å². The highest BCUT2D eigenvalue weighted by molar-refractivity contribution is 7.52. The maximum absolute atomic E-state index is 10.7. The highest BCUT2D eigenvalue weighted by Gasteiger charge is 2.20. The molecule has 0 fully saturated rings. The Kier molecular flexibility index (Phi) is 6.81. The zero-order chi connectivity index (χ0) is 9.45. The van der Waals surface area contributed by atoms with Gasteiger partial charge in [0.1, 0.15) is 0 Å². The van der Waals surface area contributed by atoms with Crippen LogP contribution in [-0.4, -0.2) is 11.5 Å². The third-order valence-electron chi connectivity index (χ3n) is 1.14. The average molecular weight is 214 g/mol. The van der Waals surface area contributed by atoms with Crippen molar-refractivity contribution < 1.29 is 22.9 Å². The van der Waals surface area contributed by atoms with Gasteiger partial charge in [0.25, 0.3) is 0 Å². The van der Waals surface area contributed by atoms with E-state index < -0.39 is 16.5 Å². The summed E-state index contributed by atoms with van der Waals surface area (Å²) in [5.41, 5.74) is 0. The van der Waals surface area contributed by atoms with Crippen molar-refractivity contribution in [3.63, 3.8) is 0 Å². The van der Waals surface area contributed by atoms with Gasteiger partial charge in [0.15, 0.2) is 0 Å². The van der Waals surface area contributed by atoms with Gasteiger partial charge < -0.3 is 4.89 Å². The first kappa shape index (κ1) is 12.2. The highest BCUT2D eigenvalue weighted by Crippen LogP contribution is 2.46. The summed E-state index contributed by atoms with van der Waals surface area (Å²) in [6, 6.07) is 0. The molecule has 0 aromatic carbocycles. The van der Waals surface area contributed by atoms with Crippen molar-refractivity contribution in [1.82, 2.24) is 0 Å². The van der Waals surface area contributed by atoms with Crippen molar-refractivity contribution in [2.45, 2.75) is 26.2 Å². The minimum absolute atomic E-state index is 0.150. The van der Waals surface area contributed by atoms with Crippen molar-refractivity contribution in [3.05, 3.63) is 0 Å². The van der Waals surface area contributed by atoms with Crippen molar-refractivity contribution in [2.75, 3.05) is 6.61 Å². The van der Waals surface area contributed by atoms with E-state index >= 15 is 0 Å². The van der Waals surface area contributed by atoms with Crippen LogP contribution >= 0.6 is 16.5 Å². The summed E-state index contributed by atoms with van der Waals surface area (Å²) < 4.78 is 28.8. The first-order chi connectivity index (χ1) is 5.62. The molecule has 0 radical (unpaired) electrons. The average Bonchev–Trinajstić information content (AvgIpc) is 1.98. The molecule has 0 aliphatic heterocycles. The highest BCUT2D eigenvalue weighted by atomic mass is 31.2. The van der Waals surface area contributed by atoms with Crippen LogP contribution in [0.15, 0.2) is 0 Å². The van der Waals surface area contributed by atoms with Gasteiger partial charge in [-0.25, -0.2) is 9.13 Å². The lowest BCUT2D eigenvalue weighted by Gasteiger charge is -2.06. The third kappa shape index (κ3) is 6.89. The zero-order valence-corrected chi connectivity index (χ0v) is 8.59. The lowest BCUT2D eigenvalue weighted by atomic mass is 10.3. The Balaban J connectivity index is 3.47. The molecule has 1 unspecified atom stereocenters. The molecule has 0 aromatic rings. The normalized spacial score (nSPS) is 16.2. The molecule has 0 saturated carbocycles. The van der Waals surface area contributed by atoms with Crippen LogP contribution in [0.2, 0.25) is 0 Å². The molecular formula is C5H12O5P2. The van der Waals surface area contributed by atoms with Gasteiger partial charge in [0.05, 0.1) is 6.61 Å². The molecule has 0 bridgehead atoms. The van der Waals surface area contributed by atoms with Crippen molar-refractivity contribution in [3.8, 4) is 0 Å². The summed E-state index contributed by atoms with van der Waals surface area (Å²) in [6.07, 6.45) is 2.62. The molecule has 7 heteroatoms. The van der Waals surface area contributed by atoms with E-state index in [9.17, 15) is 9.13 Å². The van der Waals surface area contributed by atoms with E-state index in [-0.39, 0.29) is 6.61 Å². The zero-order valence-electron chi connectivity index (χ0n) is 6.80. The van der Waals surface area contributed by atoms with Gasteiger partial charge in [-0.2, -0.15) is 4.31 Å². The number of hydrogen-bond donors (Lipinski definition) is 1. The second-order valence-electron chi connectivity index (χ2n) is 2.17. The Labute approximate surface area is 73.0 Å². The van der Waals surface area contributed by atoms with Gasteiger partial charge in [-0.15, -0.1) is 0 Å². The fourth-order valence-electron chi connectivity index (χ4n) is 0.598. The van der Waals surface area contributed by atoms with E-state index in [4.69, 9.17) is 4.89 Å². The van der Waals surface area contributed by atoms with Crippen molar-refractivity contribution in [2.24, 2.45) is 0 Å². The van der Waals surface area contributed by atoms with Gasteiger partial charge in [-0.1, -0.05) is 19.8 Å². The molecule has 12 heavy (non-hydrogen) atoms. The number of phosphoric acid groups is 1. The predicted molar refractivity (Wildman–Crippen MR) is 44.0 cm³/mol. The smallest absolute Gasteiger partial charge is 0.302 e. The van der Waals surface area contributed by atoms with E-state index in [0.717, 1.165) is 12.8 Å². The van der Waals surface area contributed by atoms with Gasteiger partial charge in [-0.3, -0.25) is 4.52 Å². The number of rotatable bonds is 7. The molecule has 0 heterocycles. The standard InChI is InChI=1S/C5H12O5P2/c1-2-3-4-5-9-12(7,8)10-11-6/h2-5H2,1H3,(H,7,8). The van der Waals surface area contributed by atoms with Crippen molar-refractivity contribution >= 4 is 16.5 Å². The largest absolute Gasteiger partial charge is 0.482 e. The molecule has 0 aliphatic carbocycles. The fourth-order valence-corrected chi connectivity index (χ4v) is 1.48. The predicted octanol–water partition coefficient (Wildman–Crippen LogP) is 2.52. The number of unbranched alkanes of at least 4 members (excludes halogenated alkanes) is 2. The van der Waals surface area contributed by atoms with Gasteiger partial charge in [-0.05, 0) is 6.42 Å². The lowest BCUT2D eigenvalue weighted by molar-refractivity contribution is 0.205. The number of phosphoric ester groups is 1. The Morgan fingerprint density at radius 3 is 2.67 bits per heavy atom. The molecule has 0 spiro atoms. The summed E-state index contributed by atoms with van der Waals surface area (Å²) in [6.45, 7) is 2.16. The second-order valence-corrected chi connectivity index (χ2v) is 4.16. The molecule has 0 aliphatic rings. The minimum atomic E-state index is -4.06. The monoisotopic (exact) mass is 214 g/mol. The topological polar surface area (TPSA) is 72.8 Å². The van der Waals surface area contributed by atoms with E-state index in [1.807, 2.05) is 6.92 Å². The number of hydrogen-bond acceptors (Lipinski definition) is 4. The Morgan fingerprint density at radius 2 is 2.17 bits per heavy atom. The van der Waals surface area contributed by atoms with Crippen LogP contribution in [-0.2, 0) is 18.0 Å². The summed E-state index contributed by atoms with van der Waals surface area (Å²) in [7, 11) is -4.90. The SMILES string of the molecule is CCCCCOP(=O)(O)OP=O. The first-order valence-electron chi connectivity index (χ1n) is 3.61. The van der Waals surface area contributed by atoms with Gasteiger partial charge in [0.2, 0.25) is 0 Å². The van der Waals surface area contributed by atoms with Crippen LogP contribution in [0.25, 0.3) is 0 Å². The van der Waals surface area contributed by atoms with Crippen LogP contribution < -0.4 is 0 Å². The molecule has 0 saturated heterocycles. The van der Waals surface area contributed by atoms with Gasteiger partial charge >= 0.3 is 16.5 Å². The Bertz CT molecular complexity index is 171. The second kappa shape index (κ2) is 6.70. The molecule has 0 amide bonds. The maximum atomic E-state index is 10.7. The summed E-state index contributed by atoms with van der Waals surface area (Å²) in [5.74, 6) is 0. The van der Waals surface area contributed by atoms with Crippen LogP contribution in [0.4, 0.5) is 0 Å².